The molecule has 0 saturated heterocycles. The van der Waals surface area contributed by atoms with Crippen LogP contribution < -0.4 is 0 Å². The van der Waals surface area contributed by atoms with E-state index in [2.05, 4.69) is 0 Å². The molecule has 0 radical (unpaired) electrons. The van der Waals surface area contributed by atoms with Crippen molar-refractivity contribution in [2.24, 2.45) is 0 Å². The van der Waals surface area contributed by atoms with Crippen molar-refractivity contribution < 1.29 is 9.59 Å². The van der Waals surface area contributed by atoms with Crippen LogP contribution in [0.1, 0.15) is 20.8 Å². The highest BCUT2D eigenvalue weighted by Gasteiger charge is 1.87. The maximum atomic E-state index is 10.5. The molecule has 60 valence electrons. The van der Waals surface area contributed by atoms with Crippen LogP contribution in [0, 0.1) is 0 Å². The fourth-order valence-corrected chi connectivity index (χ4v) is 0.618. The van der Waals surface area contributed by atoms with Crippen molar-refractivity contribution in [1.29, 1.82) is 0 Å². The molecule has 0 heterocycles. The third kappa shape index (κ3) is 6.71. The molecule has 0 spiro atoms. The average Bonchev–Trinajstić information content (AvgIpc) is 1.82. The van der Waals surface area contributed by atoms with Gasteiger partial charge in [0.25, 0.3) is 0 Å². The summed E-state index contributed by atoms with van der Waals surface area (Å²) in [6, 6.07) is 0. The summed E-state index contributed by atoms with van der Waals surface area (Å²) in [7, 11) is 0. The van der Waals surface area contributed by atoms with Crippen LogP contribution in [0.5, 0.6) is 0 Å². The Labute approximate surface area is 66.6 Å². The zero-order valence-electron chi connectivity index (χ0n) is 7.05. The maximum absolute atomic E-state index is 10.5. The van der Waals surface area contributed by atoms with Crippen molar-refractivity contribution in [2.75, 3.05) is 0 Å². The van der Waals surface area contributed by atoms with Gasteiger partial charge in [-0.3, -0.25) is 9.59 Å². The molecule has 0 aliphatic heterocycles. The summed E-state index contributed by atoms with van der Waals surface area (Å²) in [5.41, 5.74) is 0.799. The van der Waals surface area contributed by atoms with Crippen molar-refractivity contribution >= 4 is 11.6 Å². The van der Waals surface area contributed by atoms with E-state index in [9.17, 15) is 9.59 Å². The highest BCUT2D eigenvalue weighted by atomic mass is 16.1. The van der Waals surface area contributed by atoms with Gasteiger partial charge in [0, 0.05) is 0 Å². The lowest BCUT2D eigenvalue weighted by Crippen LogP contribution is -1.84. The smallest absolute Gasteiger partial charge is 0.152 e. The number of hydrogen-bond acceptors (Lipinski definition) is 2. The first-order chi connectivity index (χ1) is 5.02. The Morgan fingerprint density at radius 2 is 1.45 bits per heavy atom. The molecule has 0 bridgehead atoms. The zero-order valence-corrected chi connectivity index (χ0v) is 7.05. The summed E-state index contributed by atoms with van der Waals surface area (Å²) in [4.78, 5) is 20.9. The quantitative estimate of drug-likeness (QED) is 0.455. The van der Waals surface area contributed by atoms with Crippen molar-refractivity contribution in [1.82, 2.24) is 0 Å². The molecular weight excluding hydrogens is 140 g/mol. The average molecular weight is 152 g/mol. The normalized spacial score (nSPS) is 12.1. The van der Waals surface area contributed by atoms with Crippen LogP contribution in [0.2, 0.25) is 0 Å². The second-order valence-electron chi connectivity index (χ2n) is 2.44. The minimum Gasteiger partial charge on any atom is -0.295 e. The Kier molecular flexibility index (Phi) is 4.11. The van der Waals surface area contributed by atoms with Gasteiger partial charge in [-0.1, -0.05) is 6.08 Å². The first-order valence-corrected chi connectivity index (χ1v) is 3.40. The van der Waals surface area contributed by atoms with E-state index in [1.807, 2.05) is 0 Å². The fraction of sp³-hybridized carbons (Fsp3) is 0.333. The Hall–Kier alpha value is -1.18. The van der Waals surface area contributed by atoms with Gasteiger partial charge in [0.05, 0.1) is 0 Å². The molecule has 2 heteroatoms. The van der Waals surface area contributed by atoms with Crippen molar-refractivity contribution in [3.05, 3.63) is 23.8 Å². The van der Waals surface area contributed by atoms with E-state index in [1.165, 1.54) is 26.0 Å². The standard InChI is InChI=1S/C9H12O2/c1-7(6-9(3)11)4-5-8(2)10/h4-6H,1-3H3. The number of allylic oxidation sites excluding steroid dienone is 4. The van der Waals surface area contributed by atoms with Crippen LogP contribution in [0.3, 0.4) is 0 Å². The SMILES string of the molecule is CC(=O)C=CC(C)=CC(C)=O. The Bertz CT molecular complexity index is 222. The Morgan fingerprint density at radius 1 is 0.909 bits per heavy atom. The minimum atomic E-state index is -0.0127. The second kappa shape index (κ2) is 4.61. The molecule has 0 aromatic heterocycles. The lowest BCUT2D eigenvalue weighted by atomic mass is 10.2. The van der Waals surface area contributed by atoms with Crippen LogP contribution in [0.4, 0.5) is 0 Å². The predicted octanol–water partition coefficient (Wildman–Crippen LogP) is 1.67. The second-order valence-corrected chi connectivity index (χ2v) is 2.44. The molecule has 0 fully saturated rings. The van der Waals surface area contributed by atoms with Gasteiger partial charge >= 0.3 is 0 Å². The third-order valence-corrected chi connectivity index (χ3v) is 1.01. The van der Waals surface area contributed by atoms with Crippen LogP contribution >= 0.6 is 0 Å². The topological polar surface area (TPSA) is 34.1 Å². The highest BCUT2D eigenvalue weighted by molar-refractivity contribution is 5.90. The summed E-state index contributed by atoms with van der Waals surface area (Å²) < 4.78 is 0. The van der Waals surface area contributed by atoms with E-state index in [-0.39, 0.29) is 11.6 Å². The lowest BCUT2D eigenvalue weighted by Gasteiger charge is -1.87. The van der Waals surface area contributed by atoms with Crippen molar-refractivity contribution in [3.63, 3.8) is 0 Å². The molecule has 0 rings (SSSR count). The molecule has 0 atom stereocenters. The Morgan fingerprint density at radius 3 is 1.82 bits per heavy atom. The van der Waals surface area contributed by atoms with Gasteiger partial charge in [-0.05, 0) is 38.5 Å². The summed E-state index contributed by atoms with van der Waals surface area (Å²) in [5.74, 6) is -0.0167. The number of rotatable bonds is 3. The largest absolute Gasteiger partial charge is 0.295 e. The molecule has 2 nitrogen and oxygen atoms in total. The van der Waals surface area contributed by atoms with Crippen LogP contribution in [0.15, 0.2) is 23.8 Å². The van der Waals surface area contributed by atoms with Gasteiger partial charge in [0.2, 0.25) is 0 Å². The first kappa shape index (κ1) is 9.82. The van der Waals surface area contributed by atoms with Crippen LogP contribution in [-0.2, 0) is 9.59 Å². The maximum Gasteiger partial charge on any atom is 0.152 e. The third-order valence-electron chi connectivity index (χ3n) is 1.01. The molecule has 0 aromatic carbocycles. The van der Waals surface area contributed by atoms with Gasteiger partial charge in [-0.25, -0.2) is 0 Å². The van der Waals surface area contributed by atoms with E-state index in [0.717, 1.165) is 5.57 Å². The summed E-state index contributed by atoms with van der Waals surface area (Å²) in [6.45, 7) is 4.73. The molecule has 0 saturated carbocycles. The summed E-state index contributed by atoms with van der Waals surface area (Å²) in [6.07, 6.45) is 4.55. The van der Waals surface area contributed by atoms with Crippen molar-refractivity contribution in [2.45, 2.75) is 20.8 Å². The van der Waals surface area contributed by atoms with Crippen LogP contribution in [0.25, 0.3) is 0 Å². The van der Waals surface area contributed by atoms with E-state index in [0.29, 0.717) is 0 Å². The summed E-state index contributed by atoms with van der Waals surface area (Å²) in [5, 5.41) is 0. The molecule has 0 aliphatic rings. The first-order valence-electron chi connectivity index (χ1n) is 3.40. The van der Waals surface area contributed by atoms with E-state index < -0.39 is 0 Å². The van der Waals surface area contributed by atoms with Gasteiger partial charge in [0.15, 0.2) is 11.6 Å². The molecular formula is C9H12O2. The number of carbonyl (C=O) groups is 2. The van der Waals surface area contributed by atoms with Crippen LogP contribution in [-0.4, -0.2) is 11.6 Å². The number of carbonyl (C=O) groups excluding carboxylic acids is 2. The molecule has 11 heavy (non-hydrogen) atoms. The van der Waals surface area contributed by atoms with E-state index in [4.69, 9.17) is 0 Å². The predicted molar refractivity (Wildman–Crippen MR) is 44.3 cm³/mol. The van der Waals surface area contributed by atoms with Gasteiger partial charge in [0.1, 0.15) is 0 Å². The monoisotopic (exact) mass is 152 g/mol. The van der Waals surface area contributed by atoms with Crippen molar-refractivity contribution in [3.8, 4) is 0 Å². The molecule has 0 aromatic rings. The van der Waals surface area contributed by atoms with E-state index in [1.54, 1.807) is 13.0 Å². The lowest BCUT2D eigenvalue weighted by molar-refractivity contribution is -0.113. The number of hydrogen-bond donors (Lipinski definition) is 0. The number of ketones is 2. The highest BCUT2D eigenvalue weighted by Crippen LogP contribution is 1.94. The molecule has 0 unspecified atom stereocenters. The van der Waals surface area contributed by atoms with Gasteiger partial charge in [-0.15, -0.1) is 0 Å². The van der Waals surface area contributed by atoms with Gasteiger partial charge < -0.3 is 0 Å². The zero-order chi connectivity index (χ0) is 8.85. The van der Waals surface area contributed by atoms with Gasteiger partial charge in [-0.2, -0.15) is 0 Å². The minimum absolute atomic E-state index is 0.00398. The molecule has 0 aliphatic carbocycles. The van der Waals surface area contributed by atoms with E-state index >= 15 is 0 Å². The Balaban J connectivity index is 4.17. The fourth-order valence-electron chi connectivity index (χ4n) is 0.618. The molecule has 0 amide bonds. The summed E-state index contributed by atoms with van der Waals surface area (Å²) >= 11 is 0. The molecule has 0 N–H and O–H groups in total.